The number of carbonyl (C=O) groups excluding carboxylic acids is 1. The molecule has 0 aliphatic carbocycles. The molecule has 4 rings (SSSR count). The highest BCUT2D eigenvalue weighted by molar-refractivity contribution is 6.07. The van der Waals surface area contributed by atoms with Crippen molar-refractivity contribution in [1.29, 1.82) is 0 Å². The predicted molar refractivity (Wildman–Crippen MR) is 112 cm³/mol. The molecular weight excluding hydrogens is 384 g/mol. The van der Waals surface area contributed by atoms with E-state index < -0.39 is 0 Å². The second-order valence-electron chi connectivity index (χ2n) is 6.47. The van der Waals surface area contributed by atoms with Gasteiger partial charge in [0.2, 0.25) is 0 Å². The van der Waals surface area contributed by atoms with Gasteiger partial charge in [0.05, 0.1) is 19.1 Å². The Bertz CT molecular complexity index is 1280. The maximum Gasteiger partial charge on any atom is 0.330 e. The number of H-pyrrole nitrogens is 1. The molecule has 0 saturated heterocycles. The minimum Gasteiger partial charge on any atom is -0.504 e. The molecule has 0 amide bonds. The molecule has 0 atom stereocenters. The maximum absolute atomic E-state index is 12.7. The van der Waals surface area contributed by atoms with E-state index in [9.17, 15) is 14.7 Å². The maximum atomic E-state index is 12.7. The molecular formula is C23H18N2O5. The van der Waals surface area contributed by atoms with Gasteiger partial charge in [0.1, 0.15) is 5.69 Å². The van der Waals surface area contributed by atoms with Crippen LogP contribution in [-0.2, 0) is 0 Å². The number of furan rings is 1. The molecule has 7 nitrogen and oxygen atoms in total. The Morgan fingerprint density at radius 2 is 2.03 bits per heavy atom. The van der Waals surface area contributed by atoms with Crippen LogP contribution in [0.1, 0.15) is 15.9 Å². The largest absolute Gasteiger partial charge is 0.504 e. The average Bonchev–Trinajstić information content (AvgIpc) is 3.42. The molecule has 150 valence electrons. The third kappa shape index (κ3) is 3.68. The molecule has 2 N–H and O–H groups in total. The van der Waals surface area contributed by atoms with E-state index in [1.54, 1.807) is 60.8 Å². The number of hydrogen-bond donors (Lipinski definition) is 2. The van der Waals surface area contributed by atoms with Crippen LogP contribution in [0.4, 0.5) is 0 Å². The van der Waals surface area contributed by atoms with Gasteiger partial charge in [-0.1, -0.05) is 24.3 Å². The summed E-state index contributed by atoms with van der Waals surface area (Å²) < 4.78 is 11.9. The molecule has 0 aliphatic rings. The molecule has 30 heavy (non-hydrogen) atoms. The fraction of sp³-hybridized carbons (Fsp3) is 0.0435. The van der Waals surface area contributed by atoms with E-state index in [-0.39, 0.29) is 17.2 Å². The Kier molecular flexibility index (Phi) is 5.09. The number of nitrogens with one attached hydrogen (secondary N) is 1. The Balaban J connectivity index is 1.64. The number of aromatic hydroxyl groups is 1. The number of aromatic nitrogens is 2. The molecule has 0 saturated carbocycles. The number of benzene rings is 2. The number of phenolic OH excluding ortho intramolecular Hbond substituents is 1. The molecule has 7 heteroatoms. The average molecular weight is 402 g/mol. The predicted octanol–water partition coefficient (Wildman–Crippen LogP) is 4.04. The number of carbonyl (C=O) groups is 1. The highest BCUT2D eigenvalue weighted by Crippen LogP contribution is 2.27. The molecule has 2 aromatic carbocycles. The summed E-state index contributed by atoms with van der Waals surface area (Å²) in [6.07, 6.45) is 6.15. The lowest BCUT2D eigenvalue weighted by atomic mass is 10.1. The molecule has 2 heterocycles. The molecule has 2 aromatic heterocycles. The van der Waals surface area contributed by atoms with Crippen LogP contribution in [0.3, 0.4) is 0 Å². The van der Waals surface area contributed by atoms with Crippen LogP contribution < -0.4 is 10.4 Å². The van der Waals surface area contributed by atoms with Gasteiger partial charge < -0.3 is 19.2 Å². The first-order chi connectivity index (χ1) is 14.6. The number of ether oxygens (including phenoxy) is 1. The summed E-state index contributed by atoms with van der Waals surface area (Å²) in [6.45, 7) is 0. The van der Waals surface area contributed by atoms with Crippen LogP contribution in [0, 0.1) is 0 Å². The third-order valence-electron chi connectivity index (χ3n) is 4.57. The van der Waals surface area contributed by atoms with Crippen molar-refractivity contribution >= 4 is 11.9 Å². The van der Waals surface area contributed by atoms with Crippen molar-refractivity contribution in [2.24, 2.45) is 0 Å². The van der Waals surface area contributed by atoms with Crippen LogP contribution in [0.15, 0.2) is 82.3 Å². The summed E-state index contributed by atoms with van der Waals surface area (Å²) >= 11 is 0. The summed E-state index contributed by atoms with van der Waals surface area (Å²) in [6, 6.07) is 15.1. The molecule has 4 aromatic rings. The van der Waals surface area contributed by atoms with E-state index in [1.165, 1.54) is 30.1 Å². The molecule has 0 unspecified atom stereocenters. The van der Waals surface area contributed by atoms with Gasteiger partial charge in [-0.2, -0.15) is 0 Å². The molecule has 0 bridgehead atoms. The normalized spacial score (nSPS) is 11.1. The number of aromatic amines is 1. The number of rotatable bonds is 6. The zero-order valence-electron chi connectivity index (χ0n) is 16.0. The summed E-state index contributed by atoms with van der Waals surface area (Å²) in [5.41, 5.74) is 1.89. The van der Waals surface area contributed by atoms with Crippen molar-refractivity contribution in [3.63, 3.8) is 0 Å². The molecule has 0 spiro atoms. The molecule has 0 radical (unpaired) electrons. The number of imidazole rings is 1. The highest BCUT2D eigenvalue weighted by Gasteiger charge is 2.14. The second kappa shape index (κ2) is 8.00. The van der Waals surface area contributed by atoms with Crippen LogP contribution >= 0.6 is 0 Å². The minimum atomic E-state index is -0.335. The first-order valence-corrected chi connectivity index (χ1v) is 9.11. The Hall–Kier alpha value is -4.26. The van der Waals surface area contributed by atoms with Gasteiger partial charge in [-0.05, 0) is 48.0 Å². The van der Waals surface area contributed by atoms with Crippen molar-refractivity contribution in [2.75, 3.05) is 7.11 Å². The van der Waals surface area contributed by atoms with Crippen LogP contribution in [0.2, 0.25) is 0 Å². The summed E-state index contributed by atoms with van der Waals surface area (Å²) in [7, 11) is 1.46. The quantitative estimate of drug-likeness (QED) is 0.375. The van der Waals surface area contributed by atoms with Crippen molar-refractivity contribution in [1.82, 2.24) is 9.55 Å². The van der Waals surface area contributed by atoms with Crippen molar-refractivity contribution in [2.45, 2.75) is 0 Å². The van der Waals surface area contributed by atoms with Gasteiger partial charge in [-0.25, -0.2) is 4.79 Å². The van der Waals surface area contributed by atoms with E-state index in [4.69, 9.17) is 9.15 Å². The fourth-order valence-electron chi connectivity index (χ4n) is 3.09. The minimum absolute atomic E-state index is 0.0259. The van der Waals surface area contributed by atoms with Gasteiger partial charge in [0, 0.05) is 11.8 Å². The number of nitrogens with zero attached hydrogens (tertiary/aromatic N) is 1. The van der Waals surface area contributed by atoms with Crippen molar-refractivity contribution < 1.29 is 19.1 Å². The molecule has 0 fully saturated rings. The zero-order valence-corrected chi connectivity index (χ0v) is 16.0. The number of allylic oxidation sites excluding steroid dienone is 1. The second-order valence-corrected chi connectivity index (χ2v) is 6.47. The smallest absolute Gasteiger partial charge is 0.330 e. The topological polar surface area (TPSA) is 97.5 Å². The Morgan fingerprint density at radius 3 is 2.80 bits per heavy atom. The fourth-order valence-corrected chi connectivity index (χ4v) is 3.09. The number of phenols is 1. The molecule has 0 aliphatic heterocycles. The number of ketones is 1. The van der Waals surface area contributed by atoms with Crippen LogP contribution in [0.25, 0.3) is 23.2 Å². The standard InChI is InChI=1S/C23H18N2O5/c1-29-22-12-15(8-10-20(22)27)7-9-19(26)16-4-2-5-17(13-16)25-18(14-24-23(25)28)21-6-3-11-30-21/h2-14,27H,1H3,(H,24,28). The van der Waals surface area contributed by atoms with E-state index in [1.807, 2.05) is 0 Å². The number of hydrogen-bond acceptors (Lipinski definition) is 5. The summed E-state index contributed by atoms with van der Waals surface area (Å²) in [4.78, 5) is 27.7. The van der Waals surface area contributed by atoms with E-state index in [0.717, 1.165) is 0 Å². The number of methoxy groups -OCH3 is 1. The summed E-state index contributed by atoms with van der Waals surface area (Å²) in [5, 5.41) is 9.67. The SMILES string of the molecule is COc1cc(C=CC(=O)c2cccc(-n3c(-c4ccco4)c[nH]c3=O)c2)ccc1O. The van der Waals surface area contributed by atoms with Gasteiger partial charge in [0.25, 0.3) is 0 Å². The lowest BCUT2D eigenvalue weighted by Crippen LogP contribution is -2.16. The van der Waals surface area contributed by atoms with Gasteiger partial charge in [-0.3, -0.25) is 9.36 Å². The van der Waals surface area contributed by atoms with Crippen molar-refractivity contribution in [3.05, 3.63) is 94.7 Å². The van der Waals surface area contributed by atoms with Gasteiger partial charge in [0.15, 0.2) is 23.0 Å². The van der Waals surface area contributed by atoms with Gasteiger partial charge in [-0.15, -0.1) is 0 Å². The van der Waals surface area contributed by atoms with E-state index in [2.05, 4.69) is 4.98 Å². The highest BCUT2D eigenvalue weighted by atomic mass is 16.5. The van der Waals surface area contributed by atoms with Gasteiger partial charge >= 0.3 is 5.69 Å². The zero-order chi connectivity index (χ0) is 21.1. The van der Waals surface area contributed by atoms with E-state index >= 15 is 0 Å². The lowest BCUT2D eigenvalue weighted by Gasteiger charge is -2.07. The van der Waals surface area contributed by atoms with E-state index in [0.29, 0.717) is 34.0 Å². The third-order valence-corrected chi connectivity index (χ3v) is 4.57. The monoisotopic (exact) mass is 402 g/mol. The Morgan fingerprint density at radius 1 is 1.17 bits per heavy atom. The lowest BCUT2D eigenvalue weighted by molar-refractivity contribution is 0.104. The van der Waals surface area contributed by atoms with Crippen LogP contribution in [-0.4, -0.2) is 27.6 Å². The summed E-state index contributed by atoms with van der Waals surface area (Å²) in [5.74, 6) is 0.653. The first-order valence-electron chi connectivity index (χ1n) is 9.11. The Labute approximate surface area is 171 Å². The van der Waals surface area contributed by atoms with Crippen molar-refractivity contribution in [3.8, 4) is 28.6 Å². The first kappa shape index (κ1) is 19.1. The van der Waals surface area contributed by atoms with Crippen LogP contribution in [0.5, 0.6) is 11.5 Å².